The number of hydrogen-bond acceptors (Lipinski definition) is 4. The fourth-order valence-electron chi connectivity index (χ4n) is 2.43. The molecule has 7 heteroatoms. The summed E-state index contributed by atoms with van der Waals surface area (Å²) in [6.07, 6.45) is 5.58. The molecular weight excluding hydrogens is 262 g/mol. The molecule has 96 valence electrons. The lowest BCUT2D eigenvalue weighted by molar-refractivity contribution is -0.784. The molecule has 4 heterocycles. The Kier molecular flexibility index (Phi) is 2.34. The van der Waals surface area contributed by atoms with E-state index in [1.807, 2.05) is 10.7 Å². The van der Waals surface area contributed by atoms with Crippen LogP contribution in [0, 0.1) is 0 Å². The summed E-state index contributed by atoms with van der Waals surface area (Å²) in [7, 11) is 0. The molecule has 1 aliphatic heterocycles. The normalized spacial score (nSPS) is 15.6. The van der Waals surface area contributed by atoms with Crippen molar-refractivity contribution in [2.45, 2.75) is 24.5 Å². The Labute approximate surface area is 112 Å². The number of rotatable bonds is 0. The van der Waals surface area contributed by atoms with E-state index in [2.05, 4.69) is 15.2 Å². The maximum atomic E-state index is 12.1. The third kappa shape index (κ3) is 1.58. The number of aryl methyl sites for hydroxylation is 1. The first kappa shape index (κ1) is 11.0. The third-order valence-electron chi connectivity index (χ3n) is 3.35. The molecule has 3 aromatic heterocycles. The van der Waals surface area contributed by atoms with E-state index in [4.69, 9.17) is 0 Å². The molecule has 0 unspecified atom stereocenters. The Morgan fingerprint density at radius 1 is 1.37 bits per heavy atom. The molecule has 1 aliphatic rings. The van der Waals surface area contributed by atoms with Crippen LogP contribution in [-0.2, 0) is 6.54 Å². The van der Waals surface area contributed by atoms with E-state index in [0.717, 1.165) is 34.9 Å². The highest BCUT2D eigenvalue weighted by Gasteiger charge is 2.25. The summed E-state index contributed by atoms with van der Waals surface area (Å²) < 4.78 is 3.80. The van der Waals surface area contributed by atoms with Crippen molar-refractivity contribution in [3.05, 3.63) is 28.8 Å². The molecule has 3 aromatic rings. The summed E-state index contributed by atoms with van der Waals surface area (Å²) in [5.74, 6) is 1.06. The average Bonchev–Trinajstić information content (AvgIpc) is 2.63. The second-order valence-corrected chi connectivity index (χ2v) is 5.64. The van der Waals surface area contributed by atoms with Gasteiger partial charge in [0.15, 0.2) is 0 Å². The minimum atomic E-state index is -0.124. The largest absolute Gasteiger partial charge is 0.364 e. The van der Waals surface area contributed by atoms with Gasteiger partial charge >= 0.3 is 5.16 Å². The molecular formula is C12H12N5OS+. The maximum absolute atomic E-state index is 12.1. The Morgan fingerprint density at radius 2 is 2.32 bits per heavy atom. The van der Waals surface area contributed by atoms with Crippen molar-refractivity contribution in [1.82, 2.24) is 19.7 Å². The fourth-order valence-corrected chi connectivity index (χ4v) is 3.50. The zero-order valence-corrected chi connectivity index (χ0v) is 11.0. The first-order chi connectivity index (χ1) is 9.34. The molecule has 0 fully saturated rings. The molecule has 0 aliphatic carbocycles. The van der Waals surface area contributed by atoms with Crippen LogP contribution in [0.1, 0.15) is 12.8 Å². The van der Waals surface area contributed by atoms with Crippen LogP contribution >= 0.6 is 11.8 Å². The van der Waals surface area contributed by atoms with E-state index in [-0.39, 0.29) is 5.56 Å². The topological polar surface area (TPSA) is 66.9 Å². The van der Waals surface area contributed by atoms with Crippen LogP contribution < -0.4 is 10.2 Å². The van der Waals surface area contributed by atoms with Gasteiger partial charge in [-0.2, -0.15) is 5.10 Å². The number of aromatic amines is 1. The van der Waals surface area contributed by atoms with Crippen molar-refractivity contribution in [2.24, 2.45) is 0 Å². The van der Waals surface area contributed by atoms with Gasteiger partial charge in [0.05, 0.1) is 10.8 Å². The highest BCUT2D eigenvalue weighted by atomic mass is 32.2. The number of aromatic nitrogens is 5. The van der Waals surface area contributed by atoms with Crippen molar-refractivity contribution >= 4 is 28.2 Å². The van der Waals surface area contributed by atoms with Gasteiger partial charge in [0.25, 0.3) is 11.2 Å². The number of nitrogens with one attached hydrogen (secondary N) is 1. The van der Waals surface area contributed by atoms with Crippen molar-refractivity contribution < 1.29 is 4.68 Å². The Balaban J connectivity index is 2.16. The molecule has 19 heavy (non-hydrogen) atoms. The summed E-state index contributed by atoms with van der Waals surface area (Å²) in [6.45, 7) is 0.901. The first-order valence-electron chi connectivity index (χ1n) is 6.26. The van der Waals surface area contributed by atoms with Crippen LogP contribution in [0.2, 0.25) is 0 Å². The molecule has 0 saturated heterocycles. The second-order valence-electron chi connectivity index (χ2n) is 4.58. The maximum Gasteiger partial charge on any atom is 0.364 e. The van der Waals surface area contributed by atoms with E-state index in [1.54, 1.807) is 28.7 Å². The molecule has 0 radical (unpaired) electrons. The van der Waals surface area contributed by atoms with Gasteiger partial charge < -0.3 is 0 Å². The molecule has 0 saturated carbocycles. The predicted molar refractivity (Wildman–Crippen MR) is 71.3 cm³/mol. The number of H-pyrrole nitrogens is 1. The standard InChI is InChI=1S/C12H11N5OS/c18-11-9-7-13-4-3-8(9)10-14-16-5-1-2-6-19-12(16)17(10)15-11/h3-4,7H,1-2,5-6H2/p+1. The molecule has 0 amide bonds. The number of fused-ring (bicyclic) bond motifs is 5. The van der Waals surface area contributed by atoms with Crippen LogP contribution in [0.3, 0.4) is 0 Å². The van der Waals surface area contributed by atoms with Crippen molar-refractivity contribution in [1.29, 1.82) is 0 Å². The lowest BCUT2D eigenvalue weighted by Gasteiger charge is -1.94. The fraction of sp³-hybridized carbons (Fsp3) is 0.333. The zero-order valence-electron chi connectivity index (χ0n) is 10.2. The van der Waals surface area contributed by atoms with Crippen LogP contribution in [0.4, 0.5) is 0 Å². The van der Waals surface area contributed by atoms with Crippen molar-refractivity contribution in [3.8, 4) is 0 Å². The molecule has 4 rings (SSSR count). The summed E-state index contributed by atoms with van der Waals surface area (Å²) >= 11 is 1.74. The monoisotopic (exact) mass is 274 g/mol. The van der Waals surface area contributed by atoms with Gasteiger partial charge in [0, 0.05) is 18.1 Å². The van der Waals surface area contributed by atoms with Gasteiger partial charge in [-0.25, -0.2) is 0 Å². The highest BCUT2D eigenvalue weighted by Crippen LogP contribution is 2.21. The quantitative estimate of drug-likeness (QED) is 0.614. The lowest BCUT2D eigenvalue weighted by Crippen LogP contribution is -2.37. The first-order valence-corrected chi connectivity index (χ1v) is 7.24. The Bertz CT molecular complexity index is 837. The van der Waals surface area contributed by atoms with E-state index >= 15 is 0 Å². The SMILES string of the molecule is O=c1[nH]n2c3[n+](nc2c2ccncc12)CCCCS3. The van der Waals surface area contributed by atoms with Gasteiger partial charge in [0.2, 0.25) is 0 Å². The summed E-state index contributed by atoms with van der Waals surface area (Å²) in [4.78, 5) is 16.1. The van der Waals surface area contributed by atoms with E-state index < -0.39 is 0 Å². The van der Waals surface area contributed by atoms with Gasteiger partial charge in [-0.3, -0.25) is 9.78 Å². The van der Waals surface area contributed by atoms with Crippen molar-refractivity contribution in [3.63, 3.8) is 0 Å². The molecule has 0 spiro atoms. The Morgan fingerprint density at radius 3 is 3.26 bits per heavy atom. The Hall–Kier alpha value is -1.89. The van der Waals surface area contributed by atoms with Crippen LogP contribution in [0.5, 0.6) is 0 Å². The van der Waals surface area contributed by atoms with E-state index in [0.29, 0.717) is 5.39 Å². The lowest BCUT2D eigenvalue weighted by atomic mass is 10.2. The smallest absolute Gasteiger partial charge is 0.266 e. The zero-order chi connectivity index (χ0) is 12.8. The van der Waals surface area contributed by atoms with E-state index in [1.165, 1.54) is 6.42 Å². The van der Waals surface area contributed by atoms with Crippen LogP contribution in [0.25, 0.3) is 16.4 Å². The number of hydrogen-bond donors (Lipinski definition) is 1. The molecule has 0 aromatic carbocycles. The second kappa shape index (κ2) is 4.06. The summed E-state index contributed by atoms with van der Waals surface area (Å²) in [5.41, 5.74) is 0.669. The third-order valence-corrected chi connectivity index (χ3v) is 4.50. The van der Waals surface area contributed by atoms with Crippen LogP contribution in [0.15, 0.2) is 28.4 Å². The molecule has 6 nitrogen and oxygen atoms in total. The molecule has 0 bridgehead atoms. The average molecular weight is 274 g/mol. The number of nitrogens with zero attached hydrogens (tertiary/aromatic N) is 4. The van der Waals surface area contributed by atoms with Gasteiger partial charge in [-0.05, 0) is 35.8 Å². The summed E-state index contributed by atoms with van der Waals surface area (Å²) in [6, 6.07) is 1.84. The molecule has 1 N–H and O–H groups in total. The van der Waals surface area contributed by atoms with Gasteiger partial charge in [-0.15, -0.1) is 4.68 Å². The predicted octanol–water partition coefficient (Wildman–Crippen LogP) is 0.744. The van der Waals surface area contributed by atoms with E-state index in [9.17, 15) is 4.79 Å². The highest BCUT2D eigenvalue weighted by molar-refractivity contribution is 7.99. The van der Waals surface area contributed by atoms with Crippen molar-refractivity contribution in [2.75, 3.05) is 5.75 Å². The minimum absolute atomic E-state index is 0.124. The minimum Gasteiger partial charge on any atom is -0.266 e. The van der Waals surface area contributed by atoms with Crippen LogP contribution in [-0.4, -0.2) is 25.4 Å². The number of thioether (sulfide) groups is 1. The van der Waals surface area contributed by atoms with Gasteiger partial charge in [0.1, 0.15) is 6.54 Å². The molecule has 0 atom stereocenters. The number of pyridine rings is 1. The van der Waals surface area contributed by atoms with Gasteiger partial charge in [-0.1, -0.05) is 4.52 Å². The summed E-state index contributed by atoms with van der Waals surface area (Å²) in [5, 5.41) is 9.96.